The minimum absolute atomic E-state index is 0.0772. The molecule has 0 aliphatic carbocycles. The number of carbonyl (C=O) groups is 1. The van der Waals surface area contributed by atoms with E-state index in [1.165, 1.54) is 0 Å². The normalized spacial score (nSPS) is 12.3. The van der Waals surface area contributed by atoms with E-state index in [-0.39, 0.29) is 17.4 Å². The molecule has 0 spiro atoms. The van der Waals surface area contributed by atoms with Gasteiger partial charge in [0.1, 0.15) is 0 Å². The Morgan fingerprint density at radius 2 is 1.79 bits per heavy atom. The van der Waals surface area contributed by atoms with Gasteiger partial charge >= 0.3 is 0 Å². The summed E-state index contributed by atoms with van der Waals surface area (Å²) in [6.45, 7) is 5.63. The molecule has 0 radical (unpaired) electrons. The van der Waals surface area contributed by atoms with Gasteiger partial charge in [0.2, 0.25) is 0 Å². The number of fused-ring (bicyclic) bond motifs is 1. The first kappa shape index (κ1) is 16.1. The maximum atomic E-state index is 13.0. The second-order valence-electron chi connectivity index (χ2n) is 6.24. The van der Waals surface area contributed by atoms with Crippen LogP contribution in [0.15, 0.2) is 47.3 Å². The Morgan fingerprint density at radius 1 is 1.04 bits per heavy atom. The van der Waals surface area contributed by atoms with E-state index in [1.54, 1.807) is 18.2 Å². The summed E-state index contributed by atoms with van der Waals surface area (Å²) in [5.41, 5.74) is 9.51. The SMILES string of the molecule is Cc1cc2c(C(=O)c3ccc(C(C)N)cc3C)cccc2c(=O)[nH]1. The molecule has 3 aromatic rings. The van der Waals surface area contributed by atoms with Crippen LogP contribution in [0.3, 0.4) is 0 Å². The molecule has 24 heavy (non-hydrogen) atoms. The Bertz CT molecular complexity index is 1000. The van der Waals surface area contributed by atoms with Crippen LogP contribution in [0.1, 0.15) is 45.7 Å². The van der Waals surface area contributed by atoms with E-state index in [2.05, 4.69) is 4.98 Å². The Balaban J connectivity index is 2.18. The molecule has 2 aromatic carbocycles. The molecule has 0 amide bonds. The highest BCUT2D eigenvalue weighted by Gasteiger charge is 2.16. The zero-order valence-corrected chi connectivity index (χ0v) is 14.0. The monoisotopic (exact) mass is 320 g/mol. The third kappa shape index (κ3) is 2.76. The zero-order chi connectivity index (χ0) is 17.4. The Labute approximate surface area is 140 Å². The highest BCUT2D eigenvalue weighted by Crippen LogP contribution is 2.23. The van der Waals surface area contributed by atoms with Gasteiger partial charge in [-0.25, -0.2) is 0 Å². The van der Waals surface area contributed by atoms with Crippen LogP contribution in [0.2, 0.25) is 0 Å². The first-order valence-corrected chi connectivity index (χ1v) is 7.92. The highest BCUT2D eigenvalue weighted by molar-refractivity contribution is 6.17. The highest BCUT2D eigenvalue weighted by atomic mass is 16.1. The molecule has 1 heterocycles. The van der Waals surface area contributed by atoms with E-state index in [9.17, 15) is 9.59 Å². The van der Waals surface area contributed by atoms with Crippen molar-refractivity contribution >= 4 is 16.6 Å². The van der Waals surface area contributed by atoms with Crippen LogP contribution in [0.25, 0.3) is 10.8 Å². The molecule has 4 nitrogen and oxygen atoms in total. The number of pyridine rings is 1. The molecule has 0 saturated heterocycles. The van der Waals surface area contributed by atoms with Gasteiger partial charge in [-0.1, -0.05) is 30.3 Å². The van der Waals surface area contributed by atoms with Crippen LogP contribution < -0.4 is 11.3 Å². The average molecular weight is 320 g/mol. The molecular formula is C20H20N2O2. The lowest BCUT2D eigenvalue weighted by Crippen LogP contribution is -2.12. The minimum Gasteiger partial charge on any atom is -0.326 e. The van der Waals surface area contributed by atoms with Gasteiger partial charge in [-0.3, -0.25) is 9.59 Å². The van der Waals surface area contributed by atoms with Gasteiger partial charge in [-0.05, 0) is 44.0 Å². The molecule has 1 aromatic heterocycles. The van der Waals surface area contributed by atoms with Crippen molar-refractivity contribution in [3.05, 3.63) is 80.8 Å². The smallest absolute Gasteiger partial charge is 0.256 e. The van der Waals surface area contributed by atoms with Crippen molar-refractivity contribution < 1.29 is 4.79 Å². The number of nitrogens with two attached hydrogens (primary N) is 1. The van der Waals surface area contributed by atoms with Crippen LogP contribution in [0.5, 0.6) is 0 Å². The molecule has 3 N–H and O–H groups in total. The lowest BCUT2D eigenvalue weighted by Gasteiger charge is -2.12. The summed E-state index contributed by atoms with van der Waals surface area (Å²) in [4.78, 5) is 27.9. The van der Waals surface area contributed by atoms with Crippen LogP contribution in [0.4, 0.5) is 0 Å². The number of aromatic nitrogens is 1. The standard InChI is InChI=1S/C20H20N2O2/c1-11-9-14(13(3)21)7-8-15(11)19(23)16-5-4-6-17-18(16)10-12(2)22-20(17)24/h4-10,13H,21H2,1-3H3,(H,22,24). The van der Waals surface area contributed by atoms with Crippen molar-refractivity contribution in [1.29, 1.82) is 0 Å². The van der Waals surface area contributed by atoms with Gasteiger partial charge in [0.25, 0.3) is 5.56 Å². The summed E-state index contributed by atoms with van der Waals surface area (Å²) >= 11 is 0. The summed E-state index contributed by atoms with van der Waals surface area (Å²) in [5.74, 6) is -0.0840. The molecule has 4 heteroatoms. The van der Waals surface area contributed by atoms with Gasteiger partial charge in [0.05, 0.1) is 0 Å². The second-order valence-corrected chi connectivity index (χ2v) is 6.24. The fraction of sp³-hybridized carbons (Fsp3) is 0.200. The lowest BCUT2D eigenvalue weighted by molar-refractivity contribution is 0.103. The van der Waals surface area contributed by atoms with Gasteiger partial charge in [0.15, 0.2) is 5.78 Å². The van der Waals surface area contributed by atoms with Crippen molar-refractivity contribution in [3.8, 4) is 0 Å². The topological polar surface area (TPSA) is 76.0 Å². The third-order valence-corrected chi connectivity index (χ3v) is 4.29. The predicted molar refractivity (Wildman–Crippen MR) is 96.5 cm³/mol. The first-order valence-electron chi connectivity index (χ1n) is 7.92. The van der Waals surface area contributed by atoms with Gasteiger partial charge in [0, 0.05) is 33.6 Å². The zero-order valence-electron chi connectivity index (χ0n) is 14.0. The van der Waals surface area contributed by atoms with E-state index in [0.29, 0.717) is 21.9 Å². The summed E-state index contributed by atoms with van der Waals surface area (Å²) in [6, 6.07) is 12.6. The Kier molecular flexibility index (Phi) is 4.08. The molecule has 0 fully saturated rings. The number of benzene rings is 2. The number of aromatic amines is 1. The van der Waals surface area contributed by atoms with Gasteiger partial charge < -0.3 is 10.7 Å². The minimum atomic E-state index is -0.177. The largest absolute Gasteiger partial charge is 0.326 e. The van der Waals surface area contributed by atoms with Crippen LogP contribution in [0, 0.1) is 13.8 Å². The third-order valence-electron chi connectivity index (χ3n) is 4.29. The van der Waals surface area contributed by atoms with Crippen LogP contribution in [-0.2, 0) is 0 Å². The van der Waals surface area contributed by atoms with Crippen LogP contribution >= 0.6 is 0 Å². The number of aryl methyl sites for hydroxylation is 2. The summed E-state index contributed by atoms with van der Waals surface area (Å²) in [7, 11) is 0. The number of nitrogens with one attached hydrogen (secondary N) is 1. The summed E-state index contributed by atoms with van der Waals surface area (Å²) in [6.07, 6.45) is 0. The van der Waals surface area contributed by atoms with Gasteiger partial charge in [-0.2, -0.15) is 0 Å². The number of carbonyl (C=O) groups excluding carboxylic acids is 1. The second kappa shape index (κ2) is 6.06. The number of hydrogen-bond acceptors (Lipinski definition) is 3. The predicted octanol–water partition coefficient (Wildman–Crippen LogP) is 3.40. The molecule has 0 aliphatic heterocycles. The molecule has 122 valence electrons. The van der Waals surface area contributed by atoms with E-state index in [1.807, 2.05) is 45.0 Å². The Morgan fingerprint density at radius 3 is 2.46 bits per heavy atom. The fourth-order valence-electron chi connectivity index (χ4n) is 2.99. The molecule has 1 atom stereocenters. The van der Waals surface area contributed by atoms with E-state index >= 15 is 0 Å². The maximum absolute atomic E-state index is 13.0. The molecule has 3 rings (SSSR count). The van der Waals surface area contributed by atoms with E-state index in [4.69, 9.17) is 5.73 Å². The number of H-pyrrole nitrogens is 1. The van der Waals surface area contributed by atoms with Crippen molar-refractivity contribution in [3.63, 3.8) is 0 Å². The summed E-state index contributed by atoms with van der Waals surface area (Å²) in [5, 5.41) is 1.20. The first-order chi connectivity index (χ1) is 11.4. The summed E-state index contributed by atoms with van der Waals surface area (Å²) < 4.78 is 0. The quantitative estimate of drug-likeness (QED) is 0.726. The number of rotatable bonds is 3. The molecule has 0 saturated carbocycles. The average Bonchev–Trinajstić information content (AvgIpc) is 2.53. The molecule has 0 bridgehead atoms. The van der Waals surface area contributed by atoms with Crippen molar-refractivity contribution in [2.24, 2.45) is 5.73 Å². The molecule has 0 aliphatic rings. The fourth-order valence-corrected chi connectivity index (χ4v) is 2.99. The lowest BCUT2D eigenvalue weighted by atomic mass is 9.93. The number of hydrogen-bond donors (Lipinski definition) is 2. The van der Waals surface area contributed by atoms with Crippen LogP contribution in [-0.4, -0.2) is 10.8 Å². The van der Waals surface area contributed by atoms with Gasteiger partial charge in [-0.15, -0.1) is 0 Å². The van der Waals surface area contributed by atoms with E-state index < -0.39 is 0 Å². The van der Waals surface area contributed by atoms with E-state index in [0.717, 1.165) is 16.8 Å². The number of ketones is 1. The Hall–Kier alpha value is -2.72. The van der Waals surface area contributed by atoms with Crippen molar-refractivity contribution in [1.82, 2.24) is 4.98 Å². The van der Waals surface area contributed by atoms with Crippen molar-refractivity contribution in [2.75, 3.05) is 0 Å². The maximum Gasteiger partial charge on any atom is 0.256 e. The molecular weight excluding hydrogens is 300 g/mol. The van der Waals surface area contributed by atoms with Crippen molar-refractivity contribution in [2.45, 2.75) is 26.8 Å². The molecule has 1 unspecified atom stereocenters.